The van der Waals surface area contributed by atoms with Gasteiger partial charge in [-0.05, 0) is 30.7 Å². The van der Waals surface area contributed by atoms with Crippen LogP contribution in [0.25, 0.3) is 0 Å². The Bertz CT molecular complexity index is 1070. The van der Waals surface area contributed by atoms with Gasteiger partial charge in [0.1, 0.15) is 5.84 Å². The zero-order chi connectivity index (χ0) is 20.1. The Hall–Kier alpha value is -3.32. The van der Waals surface area contributed by atoms with Crippen LogP contribution in [0.15, 0.2) is 88.2 Å². The molecule has 2 aromatic carbocycles. The predicted molar refractivity (Wildman–Crippen MR) is 116 cm³/mol. The van der Waals surface area contributed by atoms with Crippen LogP contribution in [-0.2, 0) is 4.79 Å². The predicted octanol–water partition coefficient (Wildman–Crippen LogP) is 4.30. The number of hydrogen-bond acceptors (Lipinski definition) is 6. The van der Waals surface area contributed by atoms with E-state index in [0.717, 1.165) is 22.6 Å². The molecule has 0 aliphatic carbocycles. The van der Waals surface area contributed by atoms with Crippen LogP contribution in [0.1, 0.15) is 18.4 Å². The maximum Gasteiger partial charge on any atom is 0.235 e. The summed E-state index contributed by atoms with van der Waals surface area (Å²) in [7, 11) is 0. The summed E-state index contributed by atoms with van der Waals surface area (Å²) < 4.78 is 0. The number of carbonyl (C=O) groups is 1. The van der Waals surface area contributed by atoms with E-state index in [0.29, 0.717) is 11.0 Å². The number of hydrogen-bond donors (Lipinski definition) is 1. The van der Waals surface area contributed by atoms with Crippen LogP contribution in [0.4, 0.5) is 11.4 Å². The van der Waals surface area contributed by atoms with Gasteiger partial charge in [-0.3, -0.25) is 9.79 Å². The molecule has 1 aliphatic heterocycles. The van der Waals surface area contributed by atoms with Crippen molar-refractivity contribution in [2.45, 2.75) is 18.0 Å². The third kappa shape index (κ3) is 4.57. The molecule has 0 fully saturated rings. The van der Waals surface area contributed by atoms with E-state index in [-0.39, 0.29) is 17.6 Å². The van der Waals surface area contributed by atoms with Gasteiger partial charge in [0.05, 0.1) is 23.0 Å². The summed E-state index contributed by atoms with van der Waals surface area (Å²) in [5, 5.41) is 3.57. The van der Waals surface area contributed by atoms with Gasteiger partial charge >= 0.3 is 0 Å². The number of carbonyl (C=O) groups excluding carboxylic acids is 1. The van der Waals surface area contributed by atoms with Crippen LogP contribution >= 0.6 is 11.8 Å². The van der Waals surface area contributed by atoms with Gasteiger partial charge in [0.15, 0.2) is 5.16 Å². The average Bonchev–Trinajstić information content (AvgIpc) is 2.89. The van der Waals surface area contributed by atoms with Crippen LogP contribution in [0.3, 0.4) is 0 Å². The average molecular weight is 401 g/mol. The second-order valence-electron chi connectivity index (χ2n) is 6.45. The highest BCUT2D eigenvalue weighted by molar-refractivity contribution is 7.99. The highest BCUT2D eigenvalue weighted by Gasteiger charge is 2.26. The highest BCUT2D eigenvalue weighted by Crippen LogP contribution is 2.34. The zero-order valence-corrected chi connectivity index (χ0v) is 16.6. The van der Waals surface area contributed by atoms with E-state index in [1.165, 1.54) is 11.8 Å². The number of amides is 1. The summed E-state index contributed by atoms with van der Waals surface area (Å²) in [6, 6.07) is 19.4. The summed E-state index contributed by atoms with van der Waals surface area (Å²) in [6.45, 7) is 1.97. The van der Waals surface area contributed by atoms with Crippen molar-refractivity contribution in [3.05, 3.63) is 78.6 Å². The van der Waals surface area contributed by atoms with Crippen molar-refractivity contribution in [1.29, 1.82) is 0 Å². The van der Waals surface area contributed by atoms with Crippen molar-refractivity contribution in [2.24, 2.45) is 9.98 Å². The number of para-hydroxylation sites is 2. The van der Waals surface area contributed by atoms with Crippen LogP contribution < -0.4 is 5.32 Å². The smallest absolute Gasteiger partial charge is 0.235 e. The van der Waals surface area contributed by atoms with Gasteiger partial charge in [0.25, 0.3) is 0 Å². The van der Waals surface area contributed by atoms with E-state index < -0.39 is 0 Å². The first-order chi connectivity index (χ1) is 14.2. The fourth-order valence-corrected chi connectivity index (χ4v) is 3.72. The van der Waals surface area contributed by atoms with Gasteiger partial charge in [-0.25, -0.2) is 15.0 Å². The Kier molecular flexibility index (Phi) is 5.76. The van der Waals surface area contributed by atoms with E-state index in [9.17, 15) is 4.79 Å². The number of thioether (sulfide) groups is 1. The van der Waals surface area contributed by atoms with E-state index in [1.54, 1.807) is 18.5 Å². The van der Waals surface area contributed by atoms with Crippen LogP contribution in [0.5, 0.6) is 0 Å². The summed E-state index contributed by atoms with van der Waals surface area (Å²) in [6.07, 6.45) is 3.32. The van der Waals surface area contributed by atoms with E-state index in [2.05, 4.69) is 15.3 Å². The largest absolute Gasteiger partial charge is 0.313 e. The summed E-state index contributed by atoms with van der Waals surface area (Å²) in [5.41, 5.74) is 3.43. The quantitative estimate of drug-likeness (QED) is 0.522. The molecule has 4 rings (SSSR count). The molecule has 1 atom stereocenters. The van der Waals surface area contributed by atoms with Crippen molar-refractivity contribution in [3.63, 3.8) is 0 Å². The topological polar surface area (TPSA) is 79.6 Å². The zero-order valence-electron chi connectivity index (χ0n) is 15.8. The molecule has 1 aliphatic rings. The van der Waals surface area contributed by atoms with Crippen LogP contribution in [0, 0.1) is 0 Å². The maximum atomic E-state index is 12.7. The van der Waals surface area contributed by atoms with Crippen LogP contribution in [0.2, 0.25) is 0 Å². The molecule has 2 heterocycles. The SMILES string of the molecule is CC1=Nc2ccccc2N=C(NC(=O)CSc2ncccn2)[C@@H]1c1ccccc1. The minimum Gasteiger partial charge on any atom is -0.313 e. The molecule has 6 nitrogen and oxygen atoms in total. The number of amidine groups is 1. The minimum atomic E-state index is -0.231. The summed E-state index contributed by atoms with van der Waals surface area (Å²) >= 11 is 1.29. The van der Waals surface area contributed by atoms with Gasteiger partial charge in [-0.15, -0.1) is 0 Å². The number of nitrogens with one attached hydrogen (secondary N) is 1. The van der Waals surface area contributed by atoms with Gasteiger partial charge < -0.3 is 5.32 Å². The molecule has 7 heteroatoms. The van der Waals surface area contributed by atoms with Crippen molar-refractivity contribution in [1.82, 2.24) is 15.3 Å². The lowest BCUT2D eigenvalue weighted by atomic mass is 9.93. The Labute approximate surface area is 173 Å². The first-order valence-corrected chi connectivity index (χ1v) is 10.2. The first kappa shape index (κ1) is 19.0. The molecule has 3 aromatic rings. The molecule has 0 spiro atoms. The number of rotatable bonds is 4. The van der Waals surface area contributed by atoms with Gasteiger partial charge in [-0.2, -0.15) is 0 Å². The van der Waals surface area contributed by atoms with Gasteiger partial charge in [0.2, 0.25) is 5.91 Å². The summed E-state index contributed by atoms with van der Waals surface area (Å²) in [4.78, 5) is 30.5. The fourth-order valence-electron chi connectivity index (χ4n) is 3.11. The lowest BCUT2D eigenvalue weighted by molar-refractivity contribution is -0.117. The molecule has 0 saturated carbocycles. The Morgan fingerprint density at radius 3 is 2.31 bits per heavy atom. The van der Waals surface area contributed by atoms with Crippen LogP contribution in [-0.4, -0.2) is 33.2 Å². The standard InChI is InChI=1S/C22H19N5OS/c1-15-20(16-8-3-2-4-9-16)21(26-18-11-6-5-10-17(18)25-15)27-19(28)14-29-22-23-12-7-13-24-22/h2-13,20H,14H2,1H3,(H,26,27,28)/t20-/m0/s1. The second kappa shape index (κ2) is 8.79. The fraction of sp³-hybridized carbons (Fsp3) is 0.136. The number of aliphatic imine (C=N–C) groups is 2. The number of benzene rings is 2. The molecule has 1 N–H and O–H groups in total. The van der Waals surface area contributed by atoms with Crippen molar-refractivity contribution >= 4 is 40.6 Å². The third-order valence-corrected chi connectivity index (χ3v) is 5.26. The highest BCUT2D eigenvalue weighted by atomic mass is 32.2. The van der Waals surface area contributed by atoms with E-state index in [4.69, 9.17) is 9.98 Å². The molecule has 144 valence electrons. The van der Waals surface area contributed by atoms with E-state index in [1.807, 2.05) is 61.5 Å². The second-order valence-corrected chi connectivity index (χ2v) is 7.39. The number of nitrogens with zero attached hydrogens (tertiary/aromatic N) is 4. The van der Waals surface area contributed by atoms with Gasteiger partial charge in [-0.1, -0.05) is 54.2 Å². The van der Waals surface area contributed by atoms with Crippen molar-refractivity contribution < 1.29 is 4.79 Å². The molecule has 0 unspecified atom stereocenters. The van der Waals surface area contributed by atoms with E-state index >= 15 is 0 Å². The number of aromatic nitrogens is 2. The molecular weight excluding hydrogens is 382 g/mol. The lowest BCUT2D eigenvalue weighted by Crippen LogP contribution is -2.38. The molecule has 0 radical (unpaired) electrons. The van der Waals surface area contributed by atoms with Crippen molar-refractivity contribution in [2.75, 3.05) is 5.75 Å². The molecule has 0 bridgehead atoms. The monoisotopic (exact) mass is 401 g/mol. The molecule has 1 aromatic heterocycles. The normalized spacial score (nSPS) is 15.6. The summed E-state index contributed by atoms with van der Waals surface area (Å²) in [5.74, 6) is 0.379. The molecule has 1 amide bonds. The first-order valence-electron chi connectivity index (χ1n) is 9.18. The maximum absolute atomic E-state index is 12.7. The molecule has 29 heavy (non-hydrogen) atoms. The third-order valence-electron chi connectivity index (χ3n) is 4.39. The number of fused-ring (bicyclic) bond motifs is 1. The minimum absolute atomic E-state index is 0.158. The Morgan fingerprint density at radius 1 is 0.931 bits per heavy atom. The molecular formula is C22H19N5OS. The molecule has 0 saturated heterocycles. The Balaban J connectivity index is 1.63. The Morgan fingerprint density at radius 2 is 1.59 bits per heavy atom. The van der Waals surface area contributed by atoms with Gasteiger partial charge in [0, 0.05) is 18.1 Å². The van der Waals surface area contributed by atoms with Crippen molar-refractivity contribution in [3.8, 4) is 0 Å². The lowest BCUT2D eigenvalue weighted by Gasteiger charge is -2.19.